The number of aryl methyl sites for hydroxylation is 1. The van der Waals surface area contributed by atoms with E-state index in [0.717, 1.165) is 61.7 Å². The number of carbonyl (C=O) groups excluding carboxylic acids is 1. The highest BCUT2D eigenvalue weighted by atomic mass is 16.5. The van der Waals surface area contributed by atoms with Gasteiger partial charge in [-0.15, -0.1) is 0 Å². The summed E-state index contributed by atoms with van der Waals surface area (Å²) in [5.41, 5.74) is 7.59. The Morgan fingerprint density at radius 1 is 1.21 bits per heavy atom. The van der Waals surface area contributed by atoms with E-state index in [4.69, 9.17) is 10.3 Å². The van der Waals surface area contributed by atoms with Gasteiger partial charge in [0.2, 0.25) is 5.91 Å². The van der Waals surface area contributed by atoms with Gasteiger partial charge in [-0.2, -0.15) is 0 Å². The lowest BCUT2D eigenvalue weighted by Crippen LogP contribution is -2.47. The number of fused-ring (bicyclic) bond motifs is 1. The van der Waals surface area contributed by atoms with Gasteiger partial charge < -0.3 is 15.2 Å². The van der Waals surface area contributed by atoms with Gasteiger partial charge in [0.15, 0.2) is 11.4 Å². The highest BCUT2D eigenvalue weighted by Crippen LogP contribution is 2.35. The van der Waals surface area contributed by atoms with Gasteiger partial charge >= 0.3 is 0 Å². The lowest BCUT2D eigenvalue weighted by atomic mass is 9.75. The largest absolute Gasteiger partial charge is 0.369 e. The van der Waals surface area contributed by atoms with Gasteiger partial charge in [0, 0.05) is 32.1 Å². The average molecular weight is 399 g/mol. The van der Waals surface area contributed by atoms with Crippen molar-refractivity contribution in [3.05, 3.63) is 23.8 Å². The molecule has 6 nitrogen and oxygen atoms in total. The minimum atomic E-state index is -0.138. The molecule has 1 aromatic heterocycles. The Morgan fingerprint density at radius 2 is 1.93 bits per heavy atom. The Kier molecular flexibility index (Phi) is 6.09. The van der Waals surface area contributed by atoms with Crippen LogP contribution in [0, 0.1) is 24.7 Å². The van der Waals surface area contributed by atoms with Crippen molar-refractivity contribution in [2.24, 2.45) is 23.5 Å². The molecule has 29 heavy (non-hydrogen) atoms. The first kappa shape index (κ1) is 20.2. The topological polar surface area (TPSA) is 75.6 Å². The van der Waals surface area contributed by atoms with Crippen LogP contribution in [0.2, 0.25) is 0 Å². The van der Waals surface area contributed by atoms with E-state index in [1.807, 2.05) is 13.0 Å². The smallest absolute Gasteiger partial charge is 0.220 e. The van der Waals surface area contributed by atoms with Crippen LogP contribution in [0.3, 0.4) is 0 Å². The second kappa shape index (κ2) is 8.74. The molecule has 158 valence electrons. The van der Waals surface area contributed by atoms with Crippen LogP contribution in [0.15, 0.2) is 22.7 Å². The summed E-state index contributed by atoms with van der Waals surface area (Å²) in [7, 11) is 0. The zero-order valence-electron chi connectivity index (χ0n) is 17.8. The predicted octanol–water partition coefficient (Wildman–Crippen LogP) is 3.58. The molecule has 1 amide bonds. The molecule has 2 N–H and O–H groups in total. The summed E-state index contributed by atoms with van der Waals surface area (Å²) in [6.07, 6.45) is 6.06. The number of aromatic nitrogens is 1. The van der Waals surface area contributed by atoms with Crippen molar-refractivity contribution in [1.29, 1.82) is 0 Å². The zero-order chi connectivity index (χ0) is 20.4. The number of benzene rings is 1. The first-order valence-corrected chi connectivity index (χ1v) is 11.1. The fourth-order valence-corrected chi connectivity index (χ4v) is 5.03. The monoisotopic (exact) mass is 398 g/mol. The number of hydrogen-bond acceptors (Lipinski definition) is 5. The molecule has 1 saturated heterocycles. The molecule has 1 unspecified atom stereocenters. The summed E-state index contributed by atoms with van der Waals surface area (Å²) < 4.78 is 5.52. The van der Waals surface area contributed by atoms with Gasteiger partial charge in [0.05, 0.1) is 5.39 Å². The second-order valence-corrected chi connectivity index (χ2v) is 9.10. The summed E-state index contributed by atoms with van der Waals surface area (Å²) in [5.74, 6) is 2.17. The van der Waals surface area contributed by atoms with Gasteiger partial charge in [-0.3, -0.25) is 9.69 Å². The molecule has 2 aromatic rings. The molecule has 2 aliphatic rings. The number of nitrogens with zero attached hydrogens (tertiary/aromatic N) is 3. The van der Waals surface area contributed by atoms with Gasteiger partial charge in [-0.1, -0.05) is 36.6 Å². The minimum absolute atomic E-state index is 0.0282. The van der Waals surface area contributed by atoms with Crippen LogP contribution >= 0.6 is 0 Å². The third kappa shape index (κ3) is 4.58. The van der Waals surface area contributed by atoms with Crippen molar-refractivity contribution >= 4 is 22.7 Å². The highest BCUT2D eigenvalue weighted by Gasteiger charge is 2.28. The van der Waals surface area contributed by atoms with Crippen LogP contribution in [0.25, 0.3) is 11.0 Å². The molecule has 0 bridgehead atoms. The van der Waals surface area contributed by atoms with E-state index in [1.165, 1.54) is 31.4 Å². The van der Waals surface area contributed by atoms with Crippen molar-refractivity contribution in [1.82, 2.24) is 10.1 Å². The fraction of sp³-hybridized carbons (Fsp3) is 0.652. The third-order valence-corrected chi connectivity index (χ3v) is 7.18. The molecule has 0 radical (unpaired) electrons. The summed E-state index contributed by atoms with van der Waals surface area (Å²) in [6.45, 7) is 9.43. The number of nitrogens with two attached hydrogens (primary N) is 1. The lowest BCUT2D eigenvalue weighted by Gasteiger charge is -2.36. The van der Waals surface area contributed by atoms with Crippen LogP contribution in [0.5, 0.6) is 0 Å². The zero-order valence-corrected chi connectivity index (χ0v) is 17.8. The number of amides is 1. The minimum Gasteiger partial charge on any atom is -0.369 e. The van der Waals surface area contributed by atoms with E-state index < -0.39 is 0 Å². The quantitative estimate of drug-likeness (QED) is 0.805. The number of primary amides is 1. The number of carbonyl (C=O) groups is 1. The maximum atomic E-state index is 11.4. The lowest BCUT2D eigenvalue weighted by molar-refractivity contribution is -0.123. The van der Waals surface area contributed by atoms with E-state index in [0.29, 0.717) is 5.92 Å². The summed E-state index contributed by atoms with van der Waals surface area (Å²) in [4.78, 5) is 16.4. The van der Waals surface area contributed by atoms with Gasteiger partial charge in [-0.25, -0.2) is 0 Å². The normalized spacial score (nSPS) is 24.7. The van der Waals surface area contributed by atoms with Gasteiger partial charge in [0.25, 0.3) is 0 Å². The van der Waals surface area contributed by atoms with E-state index in [1.54, 1.807) is 0 Å². The Labute approximate surface area is 173 Å². The number of rotatable bonds is 6. The molecule has 1 aliphatic heterocycles. The maximum Gasteiger partial charge on any atom is 0.220 e. The van der Waals surface area contributed by atoms with E-state index in [-0.39, 0.29) is 11.8 Å². The first-order valence-electron chi connectivity index (χ1n) is 11.1. The molecule has 1 saturated carbocycles. The standard InChI is InChI=1S/C23H34N4O2/c1-16-3-8-21-20(15-16)23(25-29-21)27-13-11-26(12-14-27)10-9-18-4-6-19(7-5-18)17(2)22(24)28/h3,8,15,17-19H,4-7,9-14H2,1-2H3,(H2,24,28). The first-order chi connectivity index (χ1) is 14.0. The van der Waals surface area contributed by atoms with Crippen molar-refractivity contribution in [2.75, 3.05) is 37.6 Å². The van der Waals surface area contributed by atoms with E-state index in [2.05, 4.69) is 34.0 Å². The summed E-state index contributed by atoms with van der Waals surface area (Å²) >= 11 is 0. The van der Waals surface area contributed by atoms with E-state index in [9.17, 15) is 4.79 Å². The van der Waals surface area contributed by atoms with Crippen LogP contribution in [-0.4, -0.2) is 48.7 Å². The van der Waals surface area contributed by atoms with E-state index >= 15 is 0 Å². The van der Waals surface area contributed by atoms with Crippen LogP contribution in [-0.2, 0) is 4.79 Å². The predicted molar refractivity (Wildman–Crippen MR) is 116 cm³/mol. The summed E-state index contributed by atoms with van der Waals surface area (Å²) in [5, 5.41) is 5.46. The van der Waals surface area contributed by atoms with Gasteiger partial charge in [-0.05, 0) is 56.7 Å². The molecule has 2 heterocycles. The average Bonchev–Trinajstić information content (AvgIpc) is 3.15. The maximum absolute atomic E-state index is 11.4. The highest BCUT2D eigenvalue weighted by molar-refractivity contribution is 5.89. The number of piperazine rings is 1. The van der Waals surface area contributed by atoms with Crippen LogP contribution in [0.1, 0.15) is 44.6 Å². The Bertz CT molecular complexity index is 833. The van der Waals surface area contributed by atoms with Crippen molar-refractivity contribution in [2.45, 2.75) is 46.0 Å². The molecule has 4 rings (SSSR count). The molecule has 2 fully saturated rings. The van der Waals surface area contributed by atoms with Crippen molar-refractivity contribution in [3.63, 3.8) is 0 Å². The second-order valence-electron chi connectivity index (χ2n) is 9.10. The van der Waals surface area contributed by atoms with Gasteiger partial charge in [0.1, 0.15) is 0 Å². The summed E-state index contributed by atoms with van der Waals surface area (Å²) in [6, 6.07) is 6.25. The number of anilines is 1. The molecular formula is C23H34N4O2. The molecule has 0 spiro atoms. The van der Waals surface area contributed by atoms with Crippen molar-refractivity contribution in [3.8, 4) is 0 Å². The molecule has 1 aliphatic carbocycles. The fourth-order valence-electron chi connectivity index (χ4n) is 5.03. The Hall–Kier alpha value is -2.08. The SMILES string of the molecule is Cc1ccc2onc(N3CCN(CCC4CCC(C(C)C(N)=O)CC4)CC3)c2c1. The molecule has 1 aromatic carbocycles. The van der Waals surface area contributed by atoms with Crippen LogP contribution < -0.4 is 10.6 Å². The Morgan fingerprint density at radius 3 is 2.62 bits per heavy atom. The number of hydrogen-bond donors (Lipinski definition) is 1. The van der Waals surface area contributed by atoms with Crippen LogP contribution in [0.4, 0.5) is 5.82 Å². The molecule has 1 atom stereocenters. The molecular weight excluding hydrogens is 364 g/mol. The molecule has 6 heteroatoms. The Balaban J connectivity index is 1.23. The van der Waals surface area contributed by atoms with Crippen molar-refractivity contribution < 1.29 is 9.32 Å². The third-order valence-electron chi connectivity index (χ3n) is 7.18.